The summed E-state index contributed by atoms with van der Waals surface area (Å²) in [6.45, 7) is 11.3. The molecular weight excluding hydrogens is 683 g/mol. The van der Waals surface area contributed by atoms with Crippen molar-refractivity contribution in [1.82, 2.24) is 39.1 Å². The normalized spacial score (nSPS) is 11.0. The van der Waals surface area contributed by atoms with Crippen LogP contribution in [0.1, 0.15) is 19.4 Å². The van der Waals surface area contributed by atoms with Gasteiger partial charge in [-0.15, -0.1) is 0 Å². The van der Waals surface area contributed by atoms with Gasteiger partial charge in [0.15, 0.2) is 0 Å². The summed E-state index contributed by atoms with van der Waals surface area (Å²) in [4.78, 5) is 3.42. The summed E-state index contributed by atoms with van der Waals surface area (Å²) in [5.74, 6) is 1.03. The van der Waals surface area contributed by atoms with Crippen LogP contribution in [0.15, 0.2) is 85.2 Å². The predicted octanol–water partition coefficient (Wildman–Crippen LogP) is 5.05. The molecule has 0 saturated carbocycles. The van der Waals surface area contributed by atoms with E-state index in [1.54, 1.807) is 0 Å². The Morgan fingerprint density at radius 1 is 0.800 bits per heavy atom. The first-order valence-corrected chi connectivity index (χ1v) is 12.0. The molecular formula is C29H20N10Pt. The Morgan fingerprint density at radius 2 is 1.30 bits per heavy atom. The van der Waals surface area contributed by atoms with Crippen LogP contribution in [0.2, 0.25) is 0 Å². The maximum atomic E-state index is 9.27. The van der Waals surface area contributed by atoms with Crippen LogP contribution in [-0.2, 0) is 26.7 Å². The van der Waals surface area contributed by atoms with Crippen molar-refractivity contribution in [1.29, 1.82) is 5.26 Å². The standard InChI is InChI=1S/C29H20N10.Pt/c1-29(2,38-25(22-10-6-4-7-11-22)14-27(34-38)36-19-21(16-30)17-32-36)39-26(23-12-8-5-9-13-23)15-28(35-39)37-20-24(31-3)18-33-37;/h4-15,17-18H,1-2H3;/q-2;+2. The van der Waals surface area contributed by atoms with E-state index >= 15 is 0 Å². The molecule has 0 amide bonds. The van der Waals surface area contributed by atoms with Crippen molar-refractivity contribution in [3.63, 3.8) is 0 Å². The van der Waals surface area contributed by atoms with Crippen LogP contribution in [0.4, 0.5) is 5.69 Å². The Balaban J connectivity index is 0.00000323. The van der Waals surface area contributed by atoms with Gasteiger partial charge in [0.1, 0.15) is 17.2 Å². The number of rotatable bonds is 6. The Hall–Kier alpha value is -5.05. The predicted molar refractivity (Wildman–Crippen MR) is 143 cm³/mol. The quantitative estimate of drug-likeness (QED) is 0.227. The van der Waals surface area contributed by atoms with Gasteiger partial charge < -0.3 is 9.36 Å². The molecule has 6 rings (SSSR count). The molecule has 0 spiro atoms. The molecule has 6 aromatic rings. The third-order valence-corrected chi connectivity index (χ3v) is 6.29. The first kappa shape index (κ1) is 26.6. The van der Waals surface area contributed by atoms with Gasteiger partial charge in [-0.1, -0.05) is 66.9 Å². The van der Waals surface area contributed by atoms with E-state index in [1.165, 1.54) is 21.8 Å². The van der Waals surface area contributed by atoms with Gasteiger partial charge in [0.05, 0.1) is 23.8 Å². The second-order valence-corrected chi connectivity index (χ2v) is 9.18. The number of nitriles is 1. The van der Waals surface area contributed by atoms with Crippen LogP contribution < -0.4 is 0 Å². The Kier molecular flexibility index (Phi) is 7.04. The van der Waals surface area contributed by atoms with Gasteiger partial charge in [0.25, 0.3) is 0 Å². The molecule has 0 aliphatic heterocycles. The zero-order valence-electron chi connectivity index (χ0n) is 21.4. The Morgan fingerprint density at radius 3 is 1.75 bits per heavy atom. The summed E-state index contributed by atoms with van der Waals surface area (Å²) >= 11 is 0. The molecule has 11 heteroatoms. The van der Waals surface area contributed by atoms with Crippen molar-refractivity contribution >= 4 is 5.69 Å². The molecule has 0 saturated heterocycles. The third-order valence-electron chi connectivity index (χ3n) is 6.29. The SMILES string of the molecule is [C-]#[N+]c1[c-]n(-c2cc(-c3ccccc3)n(C(C)(C)n3nc(-n4[c-]c(C#N)cn4)cc3-c3ccccc3)n2)nc1.[Pt+2]. The Bertz CT molecular complexity index is 1720. The molecule has 196 valence electrons. The van der Waals surface area contributed by atoms with E-state index in [1.807, 2.05) is 96.0 Å². The molecule has 4 heterocycles. The van der Waals surface area contributed by atoms with Gasteiger partial charge in [-0.2, -0.15) is 0 Å². The van der Waals surface area contributed by atoms with Crippen LogP contribution in [0.3, 0.4) is 0 Å². The minimum Gasteiger partial charge on any atom is -0.355 e. The molecule has 40 heavy (non-hydrogen) atoms. The smallest absolute Gasteiger partial charge is 0.355 e. The monoisotopic (exact) mass is 703 g/mol. The van der Waals surface area contributed by atoms with Gasteiger partial charge in [-0.3, -0.25) is 15.2 Å². The molecule has 0 atom stereocenters. The zero-order valence-corrected chi connectivity index (χ0v) is 23.6. The topological polar surface area (TPSA) is 99.4 Å². The number of hydrogen-bond acceptors (Lipinski definition) is 5. The minimum absolute atomic E-state index is 0. The molecule has 0 fully saturated rings. The van der Waals surface area contributed by atoms with Gasteiger partial charge in [0.2, 0.25) is 0 Å². The van der Waals surface area contributed by atoms with Crippen molar-refractivity contribution < 1.29 is 21.1 Å². The molecule has 0 aliphatic rings. The van der Waals surface area contributed by atoms with Crippen molar-refractivity contribution in [3.8, 4) is 40.2 Å². The van der Waals surface area contributed by atoms with E-state index in [2.05, 4.69) is 33.5 Å². The summed E-state index contributed by atoms with van der Waals surface area (Å²) in [5, 5.41) is 27.7. The van der Waals surface area contributed by atoms with E-state index in [9.17, 15) is 5.26 Å². The van der Waals surface area contributed by atoms with E-state index in [-0.39, 0.29) is 21.1 Å². The zero-order chi connectivity index (χ0) is 27.0. The minimum atomic E-state index is -0.839. The van der Waals surface area contributed by atoms with Crippen LogP contribution in [0, 0.1) is 30.3 Å². The fraction of sp³-hybridized carbons (Fsp3) is 0.103. The van der Waals surface area contributed by atoms with Crippen molar-refractivity contribution in [2.45, 2.75) is 19.5 Å². The van der Waals surface area contributed by atoms with Crippen LogP contribution >= 0.6 is 0 Å². The van der Waals surface area contributed by atoms with Gasteiger partial charge in [-0.25, -0.2) is 24.7 Å². The molecule has 10 nitrogen and oxygen atoms in total. The van der Waals surface area contributed by atoms with Gasteiger partial charge in [-0.05, 0) is 67.3 Å². The molecule has 4 aromatic heterocycles. The molecule has 0 N–H and O–H groups in total. The molecule has 2 aromatic carbocycles. The number of benzene rings is 2. The van der Waals surface area contributed by atoms with E-state index in [4.69, 9.17) is 16.8 Å². The summed E-state index contributed by atoms with van der Waals surface area (Å²) in [6.07, 6.45) is 8.80. The number of nitrogens with zero attached hydrogens (tertiary/aromatic N) is 10. The summed E-state index contributed by atoms with van der Waals surface area (Å²) in [6, 6.07) is 25.7. The summed E-state index contributed by atoms with van der Waals surface area (Å²) < 4.78 is 6.72. The van der Waals surface area contributed by atoms with Crippen molar-refractivity contribution in [2.75, 3.05) is 0 Å². The van der Waals surface area contributed by atoms with Crippen LogP contribution in [0.25, 0.3) is 39.0 Å². The van der Waals surface area contributed by atoms with Crippen molar-refractivity contribution in [3.05, 3.63) is 115 Å². The molecule has 0 unspecified atom stereocenters. The first-order chi connectivity index (χ1) is 19.0. The molecule has 0 radical (unpaired) electrons. The summed E-state index contributed by atoms with van der Waals surface area (Å²) in [7, 11) is 0. The number of aromatic nitrogens is 8. The van der Waals surface area contributed by atoms with E-state index < -0.39 is 5.66 Å². The summed E-state index contributed by atoms with van der Waals surface area (Å²) in [5.41, 5.74) is 3.35. The van der Waals surface area contributed by atoms with Crippen molar-refractivity contribution in [2.24, 2.45) is 0 Å². The maximum absolute atomic E-state index is 9.27. The third kappa shape index (κ3) is 4.66. The van der Waals surface area contributed by atoms with E-state index in [0.717, 1.165) is 22.5 Å². The fourth-order valence-electron chi connectivity index (χ4n) is 4.40. The second kappa shape index (κ2) is 10.6. The maximum Gasteiger partial charge on any atom is 2.00 e. The van der Waals surface area contributed by atoms with Crippen LogP contribution in [-0.4, -0.2) is 39.1 Å². The average molecular weight is 704 g/mol. The molecule has 0 aliphatic carbocycles. The molecule has 0 bridgehead atoms. The second-order valence-electron chi connectivity index (χ2n) is 9.18. The fourth-order valence-corrected chi connectivity index (χ4v) is 4.40. The first-order valence-electron chi connectivity index (χ1n) is 12.0. The van der Waals surface area contributed by atoms with Gasteiger partial charge in [0, 0.05) is 0 Å². The van der Waals surface area contributed by atoms with Gasteiger partial charge >= 0.3 is 21.1 Å². The Labute approximate surface area is 244 Å². The average Bonchev–Trinajstić information content (AvgIpc) is 3.78. The largest absolute Gasteiger partial charge is 2.00 e. The number of hydrogen-bond donors (Lipinski definition) is 0. The van der Waals surface area contributed by atoms with Crippen LogP contribution in [0.5, 0.6) is 0 Å². The van der Waals surface area contributed by atoms with E-state index in [0.29, 0.717) is 22.9 Å².